The summed E-state index contributed by atoms with van der Waals surface area (Å²) in [7, 11) is 0. The van der Waals surface area contributed by atoms with Crippen molar-refractivity contribution in [2.45, 2.75) is 13.1 Å². The van der Waals surface area contributed by atoms with Gasteiger partial charge in [-0.3, -0.25) is 4.79 Å². The number of nitrogens with one attached hydrogen (secondary N) is 2. The Morgan fingerprint density at radius 3 is 2.91 bits per heavy atom. The molecule has 1 amide bonds. The first kappa shape index (κ1) is 8.46. The maximum atomic E-state index is 12.8. The molecule has 0 aromatic carbocycles. The normalized spacial score (nSPS) is 30.4. The number of carbonyl (C=O) groups is 1. The predicted octanol–water partition coefficient (Wildman–Crippen LogP) is -0.320. The Bertz CT molecular complexity index is 151. The van der Waals surface area contributed by atoms with Crippen molar-refractivity contribution in [1.29, 1.82) is 0 Å². The van der Waals surface area contributed by atoms with Crippen LogP contribution in [0.4, 0.5) is 4.39 Å². The number of hydrogen-bond donors (Lipinski definition) is 2. The van der Waals surface area contributed by atoms with Crippen LogP contribution in [0.1, 0.15) is 6.92 Å². The molecule has 0 aliphatic carbocycles. The zero-order chi connectivity index (χ0) is 8.27. The third-order valence-electron chi connectivity index (χ3n) is 1.87. The summed E-state index contributed by atoms with van der Waals surface area (Å²) in [5.41, 5.74) is 0. The summed E-state index contributed by atoms with van der Waals surface area (Å²) in [6.45, 7) is 2.98. The van der Waals surface area contributed by atoms with Crippen LogP contribution >= 0.6 is 0 Å². The summed E-state index contributed by atoms with van der Waals surface area (Å²) in [6, 6.07) is 0. The van der Waals surface area contributed by atoms with E-state index in [0.717, 1.165) is 0 Å². The lowest BCUT2D eigenvalue weighted by molar-refractivity contribution is -0.119. The second-order valence-corrected chi connectivity index (χ2v) is 2.87. The van der Waals surface area contributed by atoms with Crippen molar-refractivity contribution in [2.24, 2.45) is 5.92 Å². The third kappa shape index (κ3) is 2.46. The van der Waals surface area contributed by atoms with Crippen LogP contribution in [0.5, 0.6) is 0 Å². The van der Waals surface area contributed by atoms with Crippen LogP contribution in [0.2, 0.25) is 0 Å². The number of hydrogen-bond acceptors (Lipinski definition) is 2. The zero-order valence-electron chi connectivity index (χ0n) is 6.56. The molecule has 1 heterocycles. The smallest absolute Gasteiger partial charge is 0.216 e. The molecule has 2 atom stereocenters. The number of carbonyl (C=O) groups excluding carboxylic acids is 1. The third-order valence-corrected chi connectivity index (χ3v) is 1.87. The van der Waals surface area contributed by atoms with E-state index in [0.29, 0.717) is 19.6 Å². The number of rotatable bonds is 2. The van der Waals surface area contributed by atoms with E-state index in [-0.39, 0.29) is 11.8 Å². The number of halogens is 1. The minimum atomic E-state index is -0.804. The molecule has 0 radical (unpaired) electrons. The molecule has 0 unspecified atom stereocenters. The number of amides is 1. The lowest BCUT2D eigenvalue weighted by atomic mass is 10.1. The van der Waals surface area contributed by atoms with E-state index in [2.05, 4.69) is 10.6 Å². The van der Waals surface area contributed by atoms with Crippen molar-refractivity contribution in [2.75, 3.05) is 19.6 Å². The molecule has 0 aromatic heterocycles. The van der Waals surface area contributed by atoms with E-state index in [1.54, 1.807) is 0 Å². The van der Waals surface area contributed by atoms with Crippen LogP contribution in [-0.2, 0) is 4.79 Å². The molecule has 64 valence electrons. The topological polar surface area (TPSA) is 41.1 Å². The highest BCUT2D eigenvalue weighted by Gasteiger charge is 2.26. The summed E-state index contributed by atoms with van der Waals surface area (Å²) in [5, 5.41) is 5.52. The summed E-state index contributed by atoms with van der Waals surface area (Å²) in [5.74, 6) is -0.136. The van der Waals surface area contributed by atoms with Crippen LogP contribution in [0, 0.1) is 5.92 Å². The monoisotopic (exact) mass is 160 g/mol. The molecule has 0 aromatic rings. The van der Waals surface area contributed by atoms with Gasteiger partial charge in [-0.2, -0.15) is 0 Å². The van der Waals surface area contributed by atoms with E-state index < -0.39 is 6.17 Å². The van der Waals surface area contributed by atoms with E-state index >= 15 is 0 Å². The molecule has 2 N–H and O–H groups in total. The van der Waals surface area contributed by atoms with Crippen molar-refractivity contribution in [3.05, 3.63) is 0 Å². The van der Waals surface area contributed by atoms with Gasteiger partial charge in [0.15, 0.2) is 0 Å². The van der Waals surface area contributed by atoms with Crippen LogP contribution in [0.3, 0.4) is 0 Å². The van der Waals surface area contributed by atoms with Crippen molar-refractivity contribution in [1.82, 2.24) is 10.6 Å². The zero-order valence-corrected chi connectivity index (χ0v) is 6.56. The Balaban J connectivity index is 2.20. The first-order valence-corrected chi connectivity index (χ1v) is 3.79. The van der Waals surface area contributed by atoms with Gasteiger partial charge >= 0.3 is 0 Å². The molecule has 0 spiro atoms. The summed E-state index contributed by atoms with van der Waals surface area (Å²) in [6.07, 6.45) is -0.804. The van der Waals surface area contributed by atoms with Crippen LogP contribution in [0.15, 0.2) is 0 Å². The number of alkyl halides is 1. The second kappa shape index (κ2) is 3.67. The van der Waals surface area contributed by atoms with Crippen molar-refractivity contribution in [3.63, 3.8) is 0 Å². The fraction of sp³-hybridized carbons (Fsp3) is 0.857. The molecule has 3 nitrogen and oxygen atoms in total. The molecule has 4 heteroatoms. The predicted molar refractivity (Wildman–Crippen MR) is 39.9 cm³/mol. The van der Waals surface area contributed by atoms with Gasteiger partial charge in [-0.25, -0.2) is 4.39 Å². The Labute approximate surface area is 65.3 Å². The van der Waals surface area contributed by atoms with E-state index in [4.69, 9.17) is 0 Å². The molecule has 0 saturated carbocycles. The van der Waals surface area contributed by atoms with Gasteiger partial charge in [0.05, 0.1) is 0 Å². The molecule has 0 bridgehead atoms. The minimum Gasteiger partial charge on any atom is -0.356 e. The van der Waals surface area contributed by atoms with Gasteiger partial charge in [-0.05, 0) is 0 Å². The van der Waals surface area contributed by atoms with Gasteiger partial charge < -0.3 is 10.6 Å². The second-order valence-electron chi connectivity index (χ2n) is 2.87. The highest BCUT2D eigenvalue weighted by molar-refractivity contribution is 5.72. The summed E-state index contributed by atoms with van der Waals surface area (Å²) >= 11 is 0. The van der Waals surface area contributed by atoms with Gasteiger partial charge in [-0.15, -0.1) is 0 Å². The quantitative estimate of drug-likeness (QED) is 0.581. The first-order chi connectivity index (χ1) is 5.20. The molecular weight excluding hydrogens is 147 g/mol. The van der Waals surface area contributed by atoms with E-state index in [1.807, 2.05) is 0 Å². The van der Waals surface area contributed by atoms with Crippen molar-refractivity contribution >= 4 is 5.91 Å². The fourth-order valence-electron chi connectivity index (χ4n) is 1.18. The standard InChI is InChI=1S/C7H13FN2O/c1-5(11)10-3-6-2-9-4-7(6)8/h6-7,9H,2-4H2,1H3,(H,10,11)/t6-,7+/m0/s1. The largest absolute Gasteiger partial charge is 0.356 e. The molecule has 1 aliphatic rings. The Hall–Kier alpha value is -0.640. The maximum Gasteiger partial charge on any atom is 0.216 e. The molecule has 1 rings (SSSR count). The van der Waals surface area contributed by atoms with Crippen LogP contribution in [-0.4, -0.2) is 31.7 Å². The lowest BCUT2D eigenvalue weighted by Crippen LogP contribution is -2.31. The lowest BCUT2D eigenvalue weighted by Gasteiger charge is -2.10. The van der Waals surface area contributed by atoms with Gasteiger partial charge in [0.2, 0.25) is 5.91 Å². The Morgan fingerprint density at radius 2 is 2.45 bits per heavy atom. The summed E-state index contributed by atoms with van der Waals surface area (Å²) in [4.78, 5) is 10.5. The summed E-state index contributed by atoms with van der Waals surface area (Å²) < 4.78 is 12.8. The minimum absolute atomic E-state index is 0.0427. The van der Waals surface area contributed by atoms with Gasteiger partial charge in [-0.1, -0.05) is 0 Å². The average Bonchev–Trinajstić information content (AvgIpc) is 2.31. The molecule has 11 heavy (non-hydrogen) atoms. The van der Waals surface area contributed by atoms with Gasteiger partial charge in [0.25, 0.3) is 0 Å². The Kier molecular flexibility index (Phi) is 2.82. The maximum absolute atomic E-state index is 12.8. The fourth-order valence-corrected chi connectivity index (χ4v) is 1.18. The van der Waals surface area contributed by atoms with E-state index in [1.165, 1.54) is 6.92 Å². The average molecular weight is 160 g/mol. The molecule has 1 saturated heterocycles. The van der Waals surface area contributed by atoms with Crippen molar-refractivity contribution < 1.29 is 9.18 Å². The molecule has 1 aliphatic heterocycles. The van der Waals surface area contributed by atoms with Gasteiger partial charge in [0, 0.05) is 32.5 Å². The highest BCUT2D eigenvalue weighted by Crippen LogP contribution is 2.10. The SMILES string of the molecule is CC(=O)NC[C@@H]1CNC[C@H]1F. The van der Waals surface area contributed by atoms with E-state index in [9.17, 15) is 9.18 Å². The van der Waals surface area contributed by atoms with Crippen molar-refractivity contribution in [3.8, 4) is 0 Å². The van der Waals surface area contributed by atoms with Crippen LogP contribution in [0.25, 0.3) is 0 Å². The first-order valence-electron chi connectivity index (χ1n) is 3.79. The van der Waals surface area contributed by atoms with Crippen LogP contribution < -0.4 is 10.6 Å². The molecular formula is C7H13FN2O. The highest BCUT2D eigenvalue weighted by atomic mass is 19.1. The molecule has 1 fully saturated rings. The van der Waals surface area contributed by atoms with Gasteiger partial charge in [0.1, 0.15) is 6.17 Å². The Morgan fingerprint density at radius 1 is 1.73 bits per heavy atom.